The number of fused-ring (bicyclic) bond motifs is 1. The van der Waals surface area contributed by atoms with Crippen LogP contribution in [0.4, 0.5) is 0 Å². The summed E-state index contributed by atoms with van der Waals surface area (Å²) in [6.45, 7) is 5.29. The Hall–Kier alpha value is -1.10. The lowest BCUT2D eigenvalue weighted by atomic mass is 10.00. The van der Waals surface area contributed by atoms with Crippen molar-refractivity contribution >= 4 is 0 Å². The third kappa shape index (κ3) is 2.91. The van der Waals surface area contributed by atoms with Crippen LogP contribution in [0.2, 0.25) is 0 Å². The molecule has 4 nitrogen and oxygen atoms in total. The molecule has 0 saturated carbocycles. The second-order valence-electron chi connectivity index (χ2n) is 4.98. The summed E-state index contributed by atoms with van der Waals surface area (Å²) in [6, 6.07) is 6.76. The van der Waals surface area contributed by atoms with Gasteiger partial charge in [0.2, 0.25) is 0 Å². The van der Waals surface area contributed by atoms with E-state index in [9.17, 15) is 0 Å². The first-order valence-electron chi connectivity index (χ1n) is 7.09. The maximum absolute atomic E-state index is 5.56. The van der Waals surface area contributed by atoms with Gasteiger partial charge >= 0.3 is 0 Å². The quantitative estimate of drug-likeness (QED) is 0.882. The highest BCUT2D eigenvalue weighted by atomic mass is 16.7. The topological polar surface area (TPSA) is 39.7 Å². The van der Waals surface area contributed by atoms with E-state index in [4.69, 9.17) is 14.2 Å². The predicted molar refractivity (Wildman–Crippen MR) is 72.4 cm³/mol. The van der Waals surface area contributed by atoms with Gasteiger partial charge in [-0.05, 0) is 23.7 Å². The number of rotatable bonds is 5. The maximum Gasteiger partial charge on any atom is 0.159 e. The summed E-state index contributed by atoms with van der Waals surface area (Å²) in [7, 11) is 0. The van der Waals surface area contributed by atoms with Gasteiger partial charge in [0.05, 0.1) is 19.8 Å². The van der Waals surface area contributed by atoms with Crippen LogP contribution in [0.5, 0.6) is 5.75 Å². The molecule has 0 spiro atoms. The minimum atomic E-state index is -0.0754. The molecule has 1 fully saturated rings. The minimum Gasteiger partial charge on any atom is -0.493 e. The summed E-state index contributed by atoms with van der Waals surface area (Å²) in [5, 5.41) is 3.52. The van der Waals surface area contributed by atoms with Gasteiger partial charge in [-0.3, -0.25) is 0 Å². The Morgan fingerprint density at radius 2 is 2.11 bits per heavy atom. The van der Waals surface area contributed by atoms with E-state index >= 15 is 0 Å². The van der Waals surface area contributed by atoms with Crippen LogP contribution in [0, 0.1) is 0 Å². The normalized spacial score (nSPS) is 20.3. The molecule has 2 aliphatic rings. The molecule has 4 heteroatoms. The van der Waals surface area contributed by atoms with E-state index in [1.54, 1.807) is 0 Å². The second kappa shape index (κ2) is 5.90. The molecule has 1 unspecified atom stereocenters. The van der Waals surface area contributed by atoms with Gasteiger partial charge in [0.1, 0.15) is 5.75 Å². The van der Waals surface area contributed by atoms with Crippen LogP contribution in [0.25, 0.3) is 0 Å². The first kappa shape index (κ1) is 12.9. The Morgan fingerprint density at radius 1 is 1.26 bits per heavy atom. The van der Waals surface area contributed by atoms with E-state index in [1.165, 1.54) is 11.1 Å². The van der Waals surface area contributed by atoms with Gasteiger partial charge < -0.3 is 19.5 Å². The van der Waals surface area contributed by atoms with Crippen LogP contribution < -0.4 is 10.1 Å². The van der Waals surface area contributed by atoms with Crippen molar-refractivity contribution in [1.29, 1.82) is 0 Å². The van der Waals surface area contributed by atoms with Gasteiger partial charge in [0.15, 0.2) is 6.29 Å². The molecule has 1 N–H and O–H groups in total. The number of nitrogens with one attached hydrogen (secondary N) is 1. The van der Waals surface area contributed by atoms with Crippen molar-refractivity contribution in [2.24, 2.45) is 0 Å². The molecule has 1 saturated heterocycles. The highest BCUT2D eigenvalue weighted by Gasteiger charge is 2.23. The van der Waals surface area contributed by atoms with Crippen molar-refractivity contribution in [1.82, 2.24) is 5.32 Å². The molecule has 0 aliphatic carbocycles. The van der Waals surface area contributed by atoms with E-state index in [2.05, 4.69) is 30.4 Å². The smallest absolute Gasteiger partial charge is 0.159 e. The van der Waals surface area contributed by atoms with E-state index in [-0.39, 0.29) is 12.3 Å². The summed E-state index contributed by atoms with van der Waals surface area (Å²) in [4.78, 5) is 0. The van der Waals surface area contributed by atoms with Crippen molar-refractivity contribution in [3.63, 3.8) is 0 Å². The SMILES string of the molecule is CCNC(CC1OCCO1)c1ccc2c(c1)CCO2. The Bertz CT molecular complexity index is 429. The Morgan fingerprint density at radius 3 is 2.89 bits per heavy atom. The summed E-state index contributed by atoms with van der Waals surface area (Å²) >= 11 is 0. The van der Waals surface area contributed by atoms with Crippen LogP contribution in [0.1, 0.15) is 30.5 Å². The Kier molecular flexibility index (Phi) is 4.01. The number of benzene rings is 1. The molecule has 1 aromatic rings. The van der Waals surface area contributed by atoms with E-state index in [0.29, 0.717) is 13.2 Å². The minimum absolute atomic E-state index is 0.0754. The summed E-state index contributed by atoms with van der Waals surface area (Å²) in [5.74, 6) is 1.03. The van der Waals surface area contributed by atoms with Crippen molar-refractivity contribution in [3.05, 3.63) is 29.3 Å². The average molecular weight is 263 g/mol. The fourth-order valence-electron chi connectivity index (χ4n) is 2.74. The van der Waals surface area contributed by atoms with Gasteiger partial charge in [-0.15, -0.1) is 0 Å². The zero-order chi connectivity index (χ0) is 13.1. The lowest BCUT2D eigenvalue weighted by molar-refractivity contribution is -0.0529. The molecule has 0 aromatic heterocycles. The molecule has 0 amide bonds. The summed E-state index contributed by atoms with van der Waals surface area (Å²) in [5.41, 5.74) is 2.61. The molecule has 1 aromatic carbocycles. The average Bonchev–Trinajstić information content (AvgIpc) is 3.08. The van der Waals surface area contributed by atoms with Gasteiger partial charge in [-0.2, -0.15) is 0 Å². The van der Waals surface area contributed by atoms with Gasteiger partial charge in [0, 0.05) is 18.9 Å². The lowest BCUT2D eigenvalue weighted by Crippen LogP contribution is -2.26. The monoisotopic (exact) mass is 263 g/mol. The Balaban J connectivity index is 1.74. The first-order chi connectivity index (χ1) is 9.36. The largest absolute Gasteiger partial charge is 0.493 e. The van der Waals surface area contributed by atoms with Crippen LogP contribution in [-0.4, -0.2) is 32.7 Å². The highest BCUT2D eigenvalue weighted by molar-refractivity contribution is 5.40. The number of ether oxygens (including phenoxy) is 3. The van der Waals surface area contributed by atoms with Gasteiger partial charge in [0.25, 0.3) is 0 Å². The third-order valence-electron chi connectivity index (χ3n) is 3.69. The first-order valence-corrected chi connectivity index (χ1v) is 7.09. The molecule has 2 aliphatic heterocycles. The van der Waals surface area contributed by atoms with Crippen molar-refractivity contribution in [3.8, 4) is 5.75 Å². The van der Waals surface area contributed by atoms with Crippen molar-refractivity contribution in [2.45, 2.75) is 32.1 Å². The molecule has 3 rings (SSSR count). The van der Waals surface area contributed by atoms with Crippen LogP contribution in [0.3, 0.4) is 0 Å². The zero-order valence-electron chi connectivity index (χ0n) is 11.4. The van der Waals surface area contributed by atoms with E-state index < -0.39 is 0 Å². The predicted octanol–water partition coefficient (Wildman–Crippen LogP) is 2.04. The zero-order valence-corrected chi connectivity index (χ0v) is 11.4. The van der Waals surface area contributed by atoms with Crippen LogP contribution in [0.15, 0.2) is 18.2 Å². The third-order valence-corrected chi connectivity index (χ3v) is 3.69. The van der Waals surface area contributed by atoms with Gasteiger partial charge in [-0.25, -0.2) is 0 Å². The molecule has 0 bridgehead atoms. The van der Waals surface area contributed by atoms with Crippen molar-refractivity contribution in [2.75, 3.05) is 26.4 Å². The fraction of sp³-hybridized carbons (Fsp3) is 0.600. The molecule has 19 heavy (non-hydrogen) atoms. The molecule has 1 atom stereocenters. The van der Waals surface area contributed by atoms with Crippen molar-refractivity contribution < 1.29 is 14.2 Å². The number of hydrogen-bond acceptors (Lipinski definition) is 4. The van der Waals surface area contributed by atoms with E-state index in [1.807, 2.05) is 0 Å². The van der Waals surface area contributed by atoms with Crippen LogP contribution in [-0.2, 0) is 15.9 Å². The molecule has 104 valence electrons. The fourth-order valence-corrected chi connectivity index (χ4v) is 2.74. The second-order valence-corrected chi connectivity index (χ2v) is 4.98. The number of hydrogen-bond donors (Lipinski definition) is 1. The highest BCUT2D eigenvalue weighted by Crippen LogP contribution is 2.30. The molecular formula is C15H21NO3. The van der Waals surface area contributed by atoms with E-state index in [0.717, 1.165) is 31.7 Å². The van der Waals surface area contributed by atoms with Crippen LogP contribution >= 0.6 is 0 Å². The standard InChI is InChI=1S/C15H21NO3/c1-2-16-13(10-15-18-7-8-19-15)11-3-4-14-12(9-11)5-6-17-14/h3-4,9,13,15-16H,2,5-8,10H2,1H3. The molecule has 2 heterocycles. The maximum atomic E-state index is 5.56. The molecule has 0 radical (unpaired) electrons. The Labute approximate surface area is 114 Å². The summed E-state index contributed by atoms with van der Waals surface area (Å²) < 4.78 is 16.7. The summed E-state index contributed by atoms with van der Waals surface area (Å²) in [6.07, 6.45) is 1.79. The van der Waals surface area contributed by atoms with Gasteiger partial charge in [-0.1, -0.05) is 19.1 Å². The molecular weight excluding hydrogens is 242 g/mol. The lowest BCUT2D eigenvalue weighted by Gasteiger charge is -2.21.